The molecule has 0 aliphatic heterocycles. The van der Waals surface area contributed by atoms with Crippen LogP contribution in [0, 0.1) is 0 Å². The van der Waals surface area contributed by atoms with Gasteiger partial charge in [0.1, 0.15) is 0 Å². The van der Waals surface area contributed by atoms with Crippen LogP contribution in [0.4, 0.5) is 5.69 Å². The Labute approximate surface area is 82.3 Å². The van der Waals surface area contributed by atoms with Crippen LogP contribution in [0.5, 0.6) is 0 Å². The van der Waals surface area contributed by atoms with Gasteiger partial charge in [-0.15, -0.1) is 0 Å². The minimum Gasteiger partial charge on any atom is -0.319 e. The van der Waals surface area contributed by atoms with Crippen LogP contribution >= 0.6 is 0 Å². The molecule has 0 aliphatic carbocycles. The van der Waals surface area contributed by atoms with E-state index in [2.05, 4.69) is 5.43 Å². The van der Waals surface area contributed by atoms with Crippen molar-refractivity contribution in [3.05, 3.63) is 29.8 Å². The maximum absolute atomic E-state index is 11.0. The van der Waals surface area contributed by atoms with E-state index < -0.39 is 5.91 Å². The number of benzene rings is 1. The zero-order valence-electron chi connectivity index (χ0n) is 8.11. The van der Waals surface area contributed by atoms with Crippen LogP contribution in [0.25, 0.3) is 0 Å². The lowest BCUT2D eigenvalue weighted by Gasteiger charge is -2.13. The first-order valence-corrected chi connectivity index (χ1v) is 4.12. The summed E-state index contributed by atoms with van der Waals surface area (Å²) in [6.45, 7) is 0. The fourth-order valence-electron chi connectivity index (χ4n) is 1.05. The lowest BCUT2D eigenvalue weighted by atomic mass is 10.2. The average Bonchev–Trinajstić information content (AvgIpc) is 2.16. The number of amides is 1. The minimum atomic E-state index is -0.521. The van der Waals surface area contributed by atoms with Crippen LogP contribution in [-0.4, -0.2) is 30.2 Å². The van der Waals surface area contributed by atoms with Crippen LogP contribution in [-0.2, 0) is 0 Å². The van der Waals surface area contributed by atoms with Crippen molar-refractivity contribution in [2.75, 3.05) is 19.5 Å². The van der Waals surface area contributed by atoms with E-state index >= 15 is 0 Å². The second-order valence-corrected chi connectivity index (χ2v) is 3.03. The van der Waals surface area contributed by atoms with Gasteiger partial charge in [0.15, 0.2) is 0 Å². The van der Waals surface area contributed by atoms with Crippen LogP contribution in [0.1, 0.15) is 10.4 Å². The van der Waals surface area contributed by atoms with Gasteiger partial charge in [-0.25, -0.2) is 10.5 Å². The van der Waals surface area contributed by atoms with Gasteiger partial charge in [-0.3, -0.25) is 10.0 Å². The monoisotopic (exact) mass is 195 g/mol. The van der Waals surface area contributed by atoms with E-state index in [1.54, 1.807) is 28.7 Å². The van der Waals surface area contributed by atoms with Gasteiger partial charge in [-0.2, -0.15) is 0 Å². The number of hydrogen-bond donors (Lipinski definition) is 3. The topological polar surface area (TPSA) is 64.6 Å². The Morgan fingerprint density at radius 3 is 2.71 bits per heavy atom. The van der Waals surface area contributed by atoms with E-state index in [1.165, 1.54) is 0 Å². The molecule has 14 heavy (non-hydrogen) atoms. The SMILES string of the molecule is CN(C)Nc1cccc(C(=O)NO)c1. The summed E-state index contributed by atoms with van der Waals surface area (Å²) in [6.07, 6.45) is 0. The summed E-state index contributed by atoms with van der Waals surface area (Å²) < 4.78 is 0. The molecule has 0 bridgehead atoms. The number of rotatable bonds is 3. The van der Waals surface area contributed by atoms with Crippen molar-refractivity contribution in [2.24, 2.45) is 0 Å². The predicted octanol–water partition coefficient (Wildman–Crippen LogP) is 0.694. The highest BCUT2D eigenvalue weighted by Gasteiger charge is 2.04. The first-order valence-electron chi connectivity index (χ1n) is 4.12. The van der Waals surface area contributed by atoms with E-state index in [0.29, 0.717) is 5.56 Å². The lowest BCUT2D eigenvalue weighted by molar-refractivity contribution is 0.0706. The van der Waals surface area contributed by atoms with Gasteiger partial charge >= 0.3 is 0 Å². The third kappa shape index (κ3) is 2.72. The number of nitrogens with one attached hydrogen (secondary N) is 2. The molecular weight excluding hydrogens is 182 g/mol. The summed E-state index contributed by atoms with van der Waals surface area (Å²) in [7, 11) is 3.69. The number of anilines is 1. The summed E-state index contributed by atoms with van der Waals surface area (Å²) >= 11 is 0. The lowest BCUT2D eigenvalue weighted by Crippen LogP contribution is -2.21. The van der Waals surface area contributed by atoms with E-state index in [4.69, 9.17) is 5.21 Å². The molecule has 0 saturated carbocycles. The van der Waals surface area contributed by atoms with Crippen molar-refractivity contribution in [1.82, 2.24) is 10.5 Å². The number of hydrazine groups is 1. The van der Waals surface area contributed by atoms with Gasteiger partial charge in [-0.1, -0.05) is 6.07 Å². The normalized spacial score (nSPS) is 10.0. The molecule has 1 aromatic rings. The first-order chi connectivity index (χ1) is 6.63. The maximum atomic E-state index is 11.0. The van der Waals surface area contributed by atoms with Gasteiger partial charge in [0.05, 0.1) is 0 Å². The highest BCUT2D eigenvalue weighted by molar-refractivity contribution is 5.94. The molecule has 5 heteroatoms. The zero-order chi connectivity index (χ0) is 10.6. The molecule has 1 amide bonds. The Bertz CT molecular complexity index is 326. The van der Waals surface area contributed by atoms with Crippen LogP contribution < -0.4 is 10.9 Å². The highest BCUT2D eigenvalue weighted by atomic mass is 16.5. The van der Waals surface area contributed by atoms with Crippen LogP contribution in [0.3, 0.4) is 0 Å². The molecule has 76 valence electrons. The third-order valence-electron chi connectivity index (χ3n) is 1.58. The van der Waals surface area contributed by atoms with Gasteiger partial charge in [-0.05, 0) is 18.2 Å². The van der Waals surface area contributed by atoms with Crippen molar-refractivity contribution in [3.8, 4) is 0 Å². The molecule has 5 nitrogen and oxygen atoms in total. The first kappa shape index (κ1) is 10.5. The van der Waals surface area contributed by atoms with Crippen LogP contribution in [0.2, 0.25) is 0 Å². The summed E-state index contributed by atoms with van der Waals surface area (Å²) in [5.74, 6) is -0.521. The van der Waals surface area contributed by atoms with E-state index in [1.807, 2.05) is 20.2 Å². The largest absolute Gasteiger partial charge is 0.319 e. The fraction of sp³-hybridized carbons (Fsp3) is 0.222. The second kappa shape index (κ2) is 4.59. The van der Waals surface area contributed by atoms with Gasteiger partial charge in [0, 0.05) is 25.3 Å². The number of hydrogen-bond acceptors (Lipinski definition) is 4. The fourth-order valence-corrected chi connectivity index (χ4v) is 1.05. The van der Waals surface area contributed by atoms with Crippen molar-refractivity contribution >= 4 is 11.6 Å². The molecule has 0 radical (unpaired) electrons. The molecule has 0 spiro atoms. The van der Waals surface area contributed by atoms with Crippen LogP contribution in [0.15, 0.2) is 24.3 Å². The zero-order valence-corrected chi connectivity index (χ0v) is 8.11. The van der Waals surface area contributed by atoms with Gasteiger partial charge < -0.3 is 5.43 Å². The van der Waals surface area contributed by atoms with E-state index in [0.717, 1.165) is 5.69 Å². The number of carbonyl (C=O) groups is 1. The summed E-state index contributed by atoms with van der Waals surface area (Å²) in [5, 5.41) is 10.2. The second-order valence-electron chi connectivity index (χ2n) is 3.03. The number of hydroxylamine groups is 1. The molecule has 0 atom stereocenters. The average molecular weight is 195 g/mol. The van der Waals surface area contributed by atoms with Crippen molar-refractivity contribution < 1.29 is 10.0 Å². The highest BCUT2D eigenvalue weighted by Crippen LogP contribution is 2.10. The molecule has 1 aromatic carbocycles. The number of nitrogens with zero attached hydrogens (tertiary/aromatic N) is 1. The summed E-state index contributed by atoms with van der Waals surface area (Å²) in [5.41, 5.74) is 5.77. The van der Waals surface area contributed by atoms with Crippen molar-refractivity contribution in [3.63, 3.8) is 0 Å². The molecule has 0 fully saturated rings. The Morgan fingerprint density at radius 1 is 1.43 bits per heavy atom. The Hall–Kier alpha value is -1.59. The number of carbonyl (C=O) groups excluding carboxylic acids is 1. The summed E-state index contributed by atoms with van der Waals surface area (Å²) in [4.78, 5) is 11.0. The molecule has 0 unspecified atom stereocenters. The Morgan fingerprint density at radius 2 is 2.14 bits per heavy atom. The maximum Gasteiger partial charge on any atom is 0.274 e. The third-order valence-corrected chi connectivity index (χ3v) is 1.58. The molecule has 3 N–H and O–H groups in total. The Balaban J connectivity index is 2.84. The van der Waals surface area contributed by atoms with E-state index in [9.17, 15) is 4.79 Å². The van der Waals surface area contributed by atoms with E-state index in [-0.39, 0.29) is 0 Å². The minimum absolute atomic E-state index is 0.402. The molecule has 1 rings (SSSR count). The molecule has 0 heterocycles. The quantitative estimate of drug-likeness (QED) is 0.490. The standard InChI is InChI=1S/C9H13N3O2/c1-12(2)10-8-5-3-4-7(6-8)9(13)11-14/h3-6,10,14H,1-2H3,(H,11,13). The predicted molar refractivity (Wildman–Crippen MR) is 53.0 cm³/mol. The van der Waals surface area contributed by atoms with Gasteiger partial charge in [0.25, 0.3) is 5.91 Å². The van der Waals surface area contributed by atoms with Crippen molar-refractivity contribution in [1.29, 1.82) is 0 Å². The summed E-state index contributed by atoms with van der Waals surface area (Å²) in [6, 6.07) is 6.82. The molecule has 0 aromatic heterocycles. The molecular formula is C9H13N3O2. The smallest absolute Gasteiger partial charge is 0.274 e. The molecule has 0 saturated heterocycles. The molecule has 0 aliphatic rings. The van der Waals surface area contributed by atoms with Crippen molar-refractivity contribution in [2.45, 2.75) is 0 Å². The van der Waals surface area contributed by atoms with Gasteiger partial charge in [0.2, 0.25) is 0 Å². The Kier molecular flexibility index (Phi) is 3.44.